The van der Waals surface area contributed by atoms with Crippen LogP contribution in [0.25, 0.3) is 0 Å². The van der Waals surface area contributed by atoms with Crippen molar-refractivity contribution in [2.75, 3.05) is 46.1 Å². The minimum Gasteiger partial charge on any atom is -0.491 e. The maximum absolute atomic E-state index is 5.83. The average Bonchev–Trinajstić information content (AvgIpc) is 2.75. The lowest BCUT2D eigenvalue weighted by molar-refractivity contribution is 0.113. The van der Waals surface area contributed by atoms with Crippen molar-refractivity contribution in [1.82, 2.24) is 5.01 Å². The number of hydrazine groups is 1. The molecule has 0 radical (unpaired) electrons. The van der Waals surface area contributed by atoms with Crippen LogP contribution in [0.3, 0.4) is 0 Å². The van der Waals surface area contributed by atoms with Gasteiger partial charge in [-0.25, -0.2) is 4.99 Å². The quantitative estimate of drug-likeness (QED) is 0.486. The van der Waals surface area contributed by atoms with Crippen molar-refractivity contribution in [3.8, 4) is 18.1 Å². The molecule has 0 fully saturated rings. The molecule has 0 bridgehead atoms. The van der Waals surface area contributed by atoms with E-state index in [0.29, 0.717) is 32.2 Å². The molecule has 1 unspecified atom stereocenters. The number of allylic oxidation sites excluding steroid dienone is 1. The van der Waals surface area contributed by atoms with Gasteiger partial charge in [0, 0.05) is 26.0 Å². The topological polar surface area (TPSA) is 64.6 Å². The lowest BCUT2D eigenvalue weighted by atomic mass is 10.0. The van der Waals surface area contributed by atoms with Crippen molar-refractivity contribution in [2.45, 2.75) is 6.04 Å². The molecule has 2 aliphatic rings. The number of methoxy groups -OCH3 is 2. The molecule has 152 valence electrons. The molecular formula is C22H25N3O4. The maximum atomic E-state index is 5.83. The number of nitrogens with zero attached hydrogens (tertiary/aromatic N) is 2. The van der Waals surface area contributed by atoms with Gasteiger partial charge in [-0.1, -0.05) is 12.0 Å². The summed E-state index contributed by atoms with van der Waals surface area (Å²) in [5.41, 5.74) is 5.89. The van der Waals surface area contributed by atoms with Crippen LogP contribution in [0.4, 0.5) is 5.69 Å². The first-order chi connectivity index (χ1) is 14.2. The molecule has 1 aliphatic carbocycles. The molecule has 0 saturated heterocycles. The molecule has 1 atom stereocenters. The van der Waals surface area contributed by atoms with Gasteiger partial charge in [-0.2, -0.15) is 0 Å². The first kappa shape index (κ1) is 20.5. The summed E-state index contributed by atoms with van der Waals surface area (Å²) in [5.74, 6) is 4.11. The predicted molar refractivity (Wildman–Crippen MR) is 113 cm³/mol. The van der Waals surface area contributed by atoms with Crippen molar-refractivity contribution >= 4 is 12.0 Å². The maximum Gasteiger partial charge on any atom is 0.144 e. The Kier molecular flexibility index (Phi) is 7.34. The van der Waals surface area contributed by atoms with Gasteiger partial charge in [-0.05, 0) is 35.9 Å². The summed E-state index contributed by atoms with van der Waals surface area (Å²) in [6.45, 7) is 1.95. The van der Waals surface area contributed by atoms with E-state index in [1.807, 2.05) is 47.6 Å². The largest absolute Gasteiger partial charge is 0.491 e. The van der Waals surface area contributed by atoms with Crippen LogP contribution in [0.5, 0.6) is 5.75 Å². The highest BCUT2D eigenvalue weighted by molar-refractivity contribution is 5.68. The van der Waals surface area contributed by atoms with Crippen molar-refractivity contribution in [3.63, 3.8) is 0 Å². The third-order valence-corrected chi connectivity index (χ3v) is 4.32. The number of fused-ring (bicyclic) bond motifs is 1. The van der Waals surface area contributed by atoms with Crippen molar-refractivity contribution in [2.24, 2.45) is 4.99 Å². The third-order valence-electron chi connectivity index (χ3n) is 4.32. The van der Waals surface area contributed by atoms with Gasteiger partial charge in [0.25, 0.3) is 0 Å². The molecule has 1 heterocycles. The van der Waals surface area contributed by atoms with E-state index < -0.39 is 0 Å². The second-order valence-corrected chi connectivity index (χ2v) is 6.30. The minimum absolute atomic E-state index is 0.0867. The summed E-state index contributed by atoms with van der Waals surface area (Å²) in [7, 11) is 3.28. The summed E-state index contributed by atoms with van der Waals surface area (Å²) in [6.07, 6.45) is 15.1. The number of nitrogens with one attached hydrogen (secondary N) is 1. The zero-order valence-electron chi connectivity index (χ0n) is 16.6. The number of hydrogen-bond donors (Lipinski definition) is 1. The Hall–Kier alpha value is -3.21. The minimum atomic E-state index is -0.0867. The average molecular weight is 395 g/mol. The second-order valence-electron chi connectivity index (χ2n) is 6.30. The molecule has 0 amide bonds. The van der Waals surface area contributed by atoms with Crippen LogP contribution in [-0.2, 0) is 14.2 Å². The third kappa shape index (κ3) is 5.41. The van der Waals surface area contributed by atoms with Gasteiger partial charge >= 0.3 is 0 Å². The Morgan fingerprint density at radius 3 is 2.66 bits per heavy atom. The van der Waals surface area contributed by atoms with Crippen LogP contribution in [0.1, 0.15) is 5.56 Å². The summed E-state index contributed by atoms with van der Waals surface area (Å²) in [4.78, 5) is 4.32. The number of aliphatic imine (C=N–C) groups is 1. The van der Waals surface area contributed by atoms with Crippen LogP contribution in [0.15, 0.2) is 59.0 Å². The fourth-order valence-corrected chi connectivity index (χ4v) is 2.85. The molecule has 7 nitrogen and oxygen atoms in total. The Bertz CT molecular complexity index is 867. The fourth-order valence-electron chi connectivity index (χ4n) is 2.85. The van der Waals surface area contributed by atoms with Crippen LogP contribution in [0.2, 0.25) is 0 Å². The summed E-state index contributed by atoms with van der Waals surface area (Å²) in [6, 6.07) is 5.47. The molecule has 1 N–H and O–H groups in total. The first-order valence-corrected chi connectivity index (χ1v) is 9.27. The van der Waals surface area contributed by atoms with E-state index in [1.54, 1.807) is 20.6 Å². The van der Waals surface area contributed by atoms with Gasteiger partial charge in [0.1, 0.15) is 31.1 Å². The lowest BCUT2D eigenvalue weighted by Gasteiger charge is -2.33. The summed E-state index contributed by atoms with van der Waals surface area (Å²) in [5, 5.41) is 1.89. The van der Waals surface area contributed by atoms with Crippen molar-refractivity contribution in [3.05, 3.63) is 59.5 Å². The monoisotopic (exact) mass is 395 g/mol. The highest BCUT2D eigenvalue weighted by Gasteiger charge is 2.24. The van der Waals surface area contributed by atoms with Crippen molar-refractivity contribution in [1.29, 1.82) is 0 Å². The van der Waals surface area contributed by atoms with Gasteiger partial charge in [0.2, 0.25) is 0 Å². The Morgan fingerprint density at radius 2 is 1.90 bits per heavy atom. The van der Waals surface area contributed by atoms with E-state index in [2.05, 4.69) is 16.3 Å². The molecule has 0 spiro atoms. The van der Waals surface area contributed by atoms with E-state index in [-0.39, 0.29) is 6.04 Å². The molecule has 1 aromatic rings. The smallest absolute Gasteiger partial charge is 0.144 e. The van der Waals surface area contributed by atoms with Crippen LogP contribution >= 0.6 is 0 Å². The number of anilines is 1. The molecule has 1 aromatic carbocycles. The molecule has 7 heteroatoms. The highest BCUT2D eigenvalue weighted by Crippen LogP contribution is 2.29. The molecule has 29 heavy (non-hydrogen) atoms. The van der Waals surface area contributed by atoms with Crippen molar-refractivity contribution < 1.29 is 18.9 Å². The van der Waals surface area contributed by atoms with E-state index in [4.69, 9.17) is 25.4 Å². The SMILES string of the molecule is C#Cc1ccc(OCCOC)c(NN2C=NC=C3C=CC(OCCOC)=CC32)c1. The van der Waals surface area contributed by atoms with Crippen LogP contribution in [-0.4, -0.2) is 58.0 Å². The lowest BCUT2D eigenvalue weighted by Crippen LogP contribution is -2.41. The number of hydrogen-bond acceptors (Lipinski definition) is 7. The van der Waals surface area contributed by atoms with E-state index in [0.717, 1.165) is 22.6 Å². The highest BCUT2D eigenvalue weighted by atomic mass is 16.5. The van der Waals surface area contributed by atoms with Gasteiger partial charge in [0.05, 0.1) is 24.9 Å². The summed E-state index contributed by atoms with van der Waals surface area (Å²) >= 11 is 0. The summed E-state index contributed by atoms with van der Waals surface area (Å²) < 4.78 is 21.7. The van der Waals surface area contributed by atoms with Gasteiger partial charge in [-0.15, -0.1) is 6.42 Å². The number of rotatable bonds is 10. The molecular weight excluding hydrogens is 370 g/mol. The molecule has 1 aliphatic heterocycles. The Morgan fingerprint density at radius 1 is 1.10 bits per heavy atom. The predicted octanol–water partition coefficient (Wildman–Crippen LogP) is 2.73. The van der Waals surface area contributed by atoms with Gasteiger partial charge < -0.3 is 18.9 Å². The zero-order valence-corrected chi connectivity index (χ0v) is 16.6. The molecule has 3 rings (SSSR count). The van der Waals surface area contributed by atoms with E-state index in [1.165, 1.54) is 0 Å². The van der Waals surface area contributed by atoms with Crippen LogP contribution < -0.4 is 10.2 Å². The first-order valence-electron chi connectivity index (χ1n) is 9.27. The van der Waals surface area contributed by atoms with E-state index in [9.17, 15) is 0 Å². The normalized spacial score (nSPS) is 17.1. The Balaban J connectivity index is 1.78. The second kappa shape index (κ2) is 10.4. The Labute approximate surface area is 171 Å². The van der Waals surface area contributed by atoms with Gasteiger partial charge in [0.15, 0.2) is 0 Å². The number of ether oxygens (including phenoxy) is 4. The standard InChI is InChI=1S/C22H25N3O4/c1-4-17-5-8-22(29-12-10-27-3)20(13-17)24-25-16-23-15-18-6-7-19(14-21(18)25)28-11-9-26-2/h1,5-8,13-16,21,24H,9-12H2,2-3H3. The zero-order chi connectivity index (χ0) is 20.5. The van der Waals surface area contributed by atoms with E-state index >= 15 is 0 Å². The number of benzene rings is 1. The number of terminal acetylenes is 1. The fraction of sp³-hybridized carbons (Fsp3) is 0.318. The van der Waals surface area contributed by atoms with Crippen LogP contribution in [0, 0.1) is 12.3 Å². The van der Waals surface area contributed by atoms with Gasteiger partial charge in [-0.3, -0.25) is 10.4 Å². The molecule has 0 saturated carbocycles. The molecule has 0 aromatic heterocycles.